The highest BCUT2D eigenvalue weighted by atomic mass is 16.6. The number of aliphatic hydroxyl groups excluding tert-OH is 1. The van der Waals surface area contributed by atoms with E-state index in [2.05, 4.69) is 5.32 Å². The van der Waals surface area contributed by atoms with Crippen LogP contribution in [0.5, 0.6) is 0 Å². The van der Waals surface area contributed by atoms with Crippen molar-refractivity contribution >= 4 is 18.1 Å². The molecular formula is C30H42N4O6. The van der Waals surface area contributed by atoms with Gasteiger partial charge >= 0.3 is 12.2 Å². The maximum absolute atomic E-state index is 12.2. The largest absolute Gasteiger partial charge is 0.445 e. The molecule has 10 nitrogen and oxygen atoms in total. The van der Waals surface area contributed by atoms with Gasteiger partial charge in [0, 0.05) is 52.4 Å². The molecule has 2 aliphatic heterocycles. The number of hydrogen-bond acceptors (Lipinski definition) is 7. The van der Waals surface area contributed by atoms with Gasteiger partial charge in [-0.1, -0.05) is 74.5 Å². The van der Waals surface area contributed by atoms with Gasteiger partial charge in [-0.3, -0.25) is 4.79 Å². The second-order valence-electron chi connectivity index (χ2n) is 10.3. The van der Waals surface area contributed by atoms with Crippen LogP contribution >= 0.6 is 0 Å². The number of nitrogens with zero attached hydrogens (tertiary/aromatic N) is 3. The Morgan fingerprint density at radius 3 is 1.60 bits per heavy atom. The summed E-state index contributed by atoms with van der Waals surface area (Å²) in [6.07, 6.45) is -1.08. The number of aliphatic hydroxyl groups is 1. The molecular weight excluding hydrogens is 512 g/mol. The van der Waals surface area contributed by atoms with E-state index in [4.69, 9.17) is 9.47 Å². The molecule has 2 aliphatic rings. The summed E-state index contributed by atoms with van der Waals surface area (Å²) in [6.45, 7) is 9.39. The predicted octanol–water partition coefficient (Wildman–Crippen LogP) is 3.10. The van der Waals surface area contributed by atoms with Crippen LogP contribution in [0.4, 0.5) is 9.59 Å². The van der Waals surface area contributed by atoms with E-state index in [1.165, 1.54) is 0 Å². The molecule has 1 atom stereocenters. The highest BCUT2D eigenvalue weighted by Gasteiger charge is 2.28. The smallest absolute Gasteiger partial charge is 0.410 e. The standard InChI is InChI=1S/C18H26N2O4.C12H16N2O2/c1-14(2)12-16(21)17(22)19-8-10-20(11-9-19)18(23)24-13-15-6-4-3-5-7-15;15-12(14-8-6-13-7-9-14)16-10-11-4-2-1-3-5-11/h3-7,14,16,21H,8-13H2,1-2H3;1-5,13H,6-10H2/t16-;/m0./s1. The van der Waals surface area contributed by atoms with Crippen LogP contribution in [-0.2, 0) is 27.5 Å². The minimum atomic E-state index is -0.957. The van der Waals surface area contributed by atoms with Crippen molar-refractivity contribution < 1.29 is 29.0 Å². The zero-order valence-corrected chi connectivity index (χ0v) is 23.5. The number of hydrogen-bond donors (Lipinski definition) is 2. The molecule has 0 spiro atoms. The van der Waals surface area contributed by atoms with E-state index < -0.39 is 6.10 Å². The van der Waals surface area contributed by atoms with Gasteiger partial charge in [0.15, 0.2) is 0 Å². The van der Waals surface area contributed by atoms with Crippen molar-refractivity contribution in [1.29, 1.82) is 0 Å². The molecule has 4 rings (SSSR count). The highest BCUT2D eigenvalue weighted by Crippen LogP contribution is 2.12. The highest BCUT2D eigenvalue weighted by molar-refractivity contribution is 5.81. The summed E-state index contributed by atoms with van der Waals surface area (Å²) in [4.78, 5) is 40.8. The maximum atomic E-state index is 12.2. The fourth-order valence-corrected chi connectivity index (χ4v) is 4.34. The molecule has 2 heterocycles. The average Bonchev–Trinajstić information content (AvgIpc) is 3.00. The van der Waals surface area contributed by atoms with Crippen LogP contribution in [0.15, 0.2) is 60.7 Å². The topological polar surface area (TPSA) is 112 Å². The number of carbonyl (C=O) groups excluding carboxylic acids is 3. The Balaban J connectivity index is 0.000000238. The fraction of sp³-hybridized carbons (Fsp3) is 0.500. The molecule has 2 aromatic rings. The van der Waals surface area contributed by atoms with Gasteiger partial charge in [-0.2, -0.15) is 0 Å². The number of benzene rings is 2. The summed E-state index contributed by atoms with van der Waals surface area (Å²) in [5.74, 6) is 0.0132. The van der Waals surface area contributed by atoms with Crippen molar-refractivity contribution in [2.24, 2.45) is 5.92 Å². The molecule has 2 saturated heterocycles. The summed E-state index contributed by atoms with van der Waals surface area (Å²) in [5, 5.41) is 13.1. The van der Waals surface area contributed by atoms with Gasteiger partial charge in [-0.05, 0) is 23.5 Å². The monoisotopic (exact) mass is 554 g/mol. The van der Waals surface area contributed by atoms with E-state index in [-0.39, 0.29) is 30.6 Å². The zero-order valence-electron chi connectivity index (χ0n) is 23.5. The second-order valence-corrected chi connectivity index (χ2v) is 10.3. The third kappa shape index (κ3) is 10.5. The fourth-order valence-electron chi connectivity index (χ4n) is 4.34. The quantitative estimate of drug-likeness (QED) is 0.541. The van der Waals surface area contributed by atoms with E-state index in [1.807, 2.05) is 74.5 Å². The van der Waals surface area contributed by atoms with Crippen LogP contribution in [0.25, 0.3) is 0 Å². The van der Waals surface area contributed by atoms with Crippen LogP contribution in [0.1, 0.15) is 31.4 Å². The molecule has 2 fully saturated rings. The van der Waals surface area contributed by atoms with Crippen LogP contribution in [0, 0.1) is 5.92 Å². The number of amides is 3. The molecule has 3 amide bonds. The van der Waals surface area contributed by atoms with Gasteiger partial charge in [0.05, 0.1) is 0 Å². The Hall–Kier alpha value is -3.63. The summed E-state index contributed by atoms with van der Waals surface area (Å²) >= 11 is 0. The molecule has 218 valence electrons. The first-order chi connectivity index (χ1) is 19.3. The first kappa shape index (κ1) is 30.9. The molecule has 0 unspecified atom stereocenters. The lowest BCUT2D eigenvalue weighted by molar-refractivity contribution is -0.142. The Kier molecular flexibility index (Phi) is 12.7. The van der Waals surface area contributed by atoms with Crippen molar-refractivity contribution in [2.75, 3.05) is 52.4 Å². The van der Waals surface area contributed by atoms with Gasteiger partial charge in [0.2, 0.25) is 0 Å². The third-order valence-corrected chi connectivity index (χ3v) is 6.61. The summed E-state index contributed by atoms with van der Waals surface area (Å²) in [5.41, 5.74) is 1.96. The van der Waals surface area contributed by atoms with Crippen LogP contribution in [-0.4, -0.2) is 96.4 Å². The van der Waals surface area contributed by atoms with Gasteiger partial charge in [-0.15, -0.1) is 0 Å². The molecule has 2 aromatic carbocycles. The maximum Gasteiger partial charge on any atom is 0.410 e. The van der Waals surface area contributed by atoms with E-state index in [0.29, 0.717) is 39.2 Å². The number of ether oxygens (including phenoxy) is 2. The molecule has 0 bridgehead atoms. The normalized spacial score (nSPS) is 16.1. The van der Waals surface area contributed by atoms with Crippen LogP contribution in [0.2, 0.25) is 0 Å². The van der Waals surface area contributed by atoms with Gasteiger partial charge in [0.25, 0.3) is 5.91 Å². The molecule has 0 aliphatic carbocycles. The molecule has 0 radical (unpaired) electrons. The minimum absolute atomic E-state index is 0.217. The molecule has 10 heteroatoms. The number of carbonyl (C=O) groups is 3. The predicted molar refractivity (Wildman–Crippen MR) is 151 cm³/mol. The molecule has 2 N–H and O–H groups in total. The third-order valence-electron chi connectivity index (χ3n) is 6.61. The van der Waals surface area contributed by atoms with Crippen molar-refractivity contribution in [2.45, 2.75) is 39.6 Å². The Bertz CT molecular complexity index is 1040. The van der Waals surface area contributed by atoms with E-state index in [0.717, 1.165) is 37.3 Å². The lowest BCUT2D eigenvalue weighted by Crippen LogP contribution is -2.53. The lowest BCUT2D eigenvalue weighted by Gasteiger charge is -2.35. The summed E-state index contributed by atoms with van der Waals surface area (Å²) < 4.78 is 10.5. The Morgan fingerprint density at radius 1 is 0.725 bits per heavy atom. The van der Waals surface area contributed by atoms with Crippen molar-refractivity contribution in [3.63, 3.8) is 0 Å². The molecule has 0 aromatic heterocycles. The first-order valence-corrected chi connectivity index (χ1v) is 13.9. The molecule has 40 heavy (non-hydrogen) atoms. The number of piperazine rings is 2. The number of nitrogens with one attached hydrogen (secondary N) is 1. The molecule has 0 saturated carbocycles. The first-order valence-electron chi connectivity index (χ1n) is 13.9. The SMILES string of the molecule is CC(C)C[C@H](O)C(=O)N1CCN(C(=O)OCc2ccccc2)CC1.O=C(OCc1ccccc1)N1CCNCC1. The zero-order chi connectivity index (χ0) is 28.7. The van der Waals surface area contributed by atoms with Gasteiger partial charge in [0.1, 0.15) is 19.3 Å². The van der Waals surface area contributed by atoms with Crippen LogP contribution in [0.3, 0.4) is 0 Å². The van der Waals surface area contributed by atoms with Crippen molar-refractivity contribution in [3.05, 3.63) is 71.8 Å². The second kappa shape index (κ2) is 16.5. The van der Waals surface area contributed by atoms with E-state index >= 15 is 0 Å². The van der Waals surface area contributed by atoms with Crippen molar-refractivity contribution in [1.82, 2.24) is 20.0 Å². The summed E-state index contributed by atoms with van der Waals surface area (Å²) in [6, 6.07) is 19.2. The van der Waals surface area contributed by atoms with E-state index in [9.17, 15) is 19.5 Å². The van der Waals surface area contributed by atoms with E-state index in [1.54, 1.807) is 14.7 Å². The number of rotatable bonds is 7. The summed E-state index contributed by atoms with van der Waals surface area (Å²) in [7, 11) is 0. The Labute approximate surface area is 236 Å². The van der Waals surface area contributed by atoms with Crippen molar-refractivity contribution in [3.8, 4) is 0 Å². The Morgan fingerprint density at radius 2 is 1.15 bits per heavy atom. The lowest BCUT2D eigenvalue weighted by atomic mass is 10.0. The average molecular weight is 555 g/mol. The van der Waals surface area contributed by atoms with Gasteiger partial charge < -0.3 is 34.6 Å². The van der Waals surface area contributed by atoms with Gasteiger partial charge in [-0.25, -0.2) is 9.59 Å². The van der Waals surface area contributed by atoms with Crippen LogP contribution < -0.4 is 5.32 Å². The minimum Gasteiger partial charge on any atom is -0.445 e.